The van der Waals surface area contributed by atoms with Crippen LogP contribution in [0.25, 0.3) is 0 Å². The Bertz CT molecular complexity index is 657. The lowest BCUT2D eigenvalue weighted by Crippen LogP contribution is -2.08. The summed E-state index contributed by atoms with van der Waals surface area (Å²) in [5.41, 5.74) is 0.964. The summed E-state index contributed by atoms with van der Waals surface area (Å²) in [4.78, 5) is 22.6. The van der Waals surface area contributed by atoms with Gasteiger partial charge >= 0.3 is 5.97 Å². The Kier molecular flexibility index (Phi) is 6.12. The molecule has 0 fully saturated rings. The van der Waals surface area contributed by atoms with Crippen LogP contribution in [0.3, 0.4) is 0 Å². The molecule has 0 aliphatic carbocycles. The smallest absolute Gasteiger partial charge is 0.343 e. The maximum Gasteiger partial charge on any atom is 0.343 e. The van der Waals surface area contributed by atoms with E-state index in [1.165, 1.54) is 0 Å². The third-order valence-electron chi connectivity index (χ3n) is 3.14. The van der Waals surface area contributed by atoms with Crippen LogP contribution in [0, 0.1) is 0 Å². The van der Waals surface area contributed by atoms with Crippen molar-refractivity contribution in [2.75, 3.05) is 6.61 Å². The molecule has 0 radical (unpaired) electrons. The second-order valence-electron chi connectivity index (χ2n) is 4.88. The summed E-state index contributed by atoms with van der Waals surface area (Å²) in [5.74, 6) is 0.647. The summed E-state index contributed by atoms with van der Waals surface area (Å²) in [6, 6.07) is 13.1. The van der Waals surface area contributed by atoms with Gasteiger partial charge in [0.25, 0.3) is 0 Å². The highest BCUT2D eigenvalue weighted by Gasteiger charge is 2.08. The lowest BCUT2D eigenvalue weighted by Gasteiger charge is -2.07. The van der Waals surface area contributed by atoms with E-state index in [0.717, 1.165) is 19.1 Å². The maximum absolute atomic E-state index is 12.0. The number of hydrogen-bond acceptors (Lipinski definition) is 4. The largest absolute Gasteiger partial charge is 0.494 e. The second-order valence-corrected chi connectivity index (χ2v) is 4.88. The van der Waals surface area contributed by atoms with Crippen LogP contribution in [-0.4, -0.2) is 18.9 Å². The first-order valence-electron chi connectivity index (χ1n) is 7.34. The van der Waals surface area contributed by atoms with Crippen molar-refractivity contribution in [2.24, 2.45) is 0 Å². The fourth-order valence-corrected chi connectivity index (χ4v) is 1.89. The fourth-order valence-electron chi connectivity index (χ4n) is 1.89. The number of ether oxygens (including phenoxy) is 2. The minimum Gasteiger partial charge on any atom is -0.494 e. The molecule has 0 saturated carbocycles. The number of benzene rings is 2. The standard InChI is InChI=1S/C19H18O4/c1-2-3-4-13-22-17-11-7-16(8-12-17)19(21)23-18-9-5-15(14-20)6-10-18/h2,5-12,14H,1,3-4,13H2. The van der Waals surface area contributed by atoms with Gasteiger partial charge in [0.1, 0.15) is 17.8 Å². The zero-order valence-electron chi connectivity index (χ0n) is 12.7. The van der Waals surface area contributed by atoms with Crippen molar-refractivity contribution in [3.05, 3.63) is 72.3 Å². The molecule has 0 spiro atoms. The Morgan fingerprint density at radius 1 is 1.00 bits per heavy atom. The highest BCUT2D eigenvalue weighted by atomic mass is 16.5. The first kappa shape index (κ1) is 16.5. The van der Waals surface area contributed by atoms with Crippen LogP contribution in [0.2, 0.25) is 0 Å². The molecule has 0 aliphatic heterocycles. The average Bonchev–Trinajstić information content (AvgIpc) is 2.60. The Labute approximate surface area is 135 Å². The molecule has 0 bridgehead atoms. The van der Waals surface area contributed by atoms with Gasteiger partial charge in [0.2, 0.25) is 0 Å². The van der Waals surface area contributed by atoms with Crippen molar-refractivity contribution in [3.8, 4) is 11.5 Å². The van der Waals surface area contributed by atoms with Crippen LogP contribution in [0.5, 0.6) is 11.5 Å². The van der Waals surface area contributed by atoms with E-state index in [1.54, 1.807) is 48.5 Å². The summed E-state index contributed by atoms with van der Waals surface area (Å²) in [7, 11) is 0. The number of rotatable bonds is 8. The van der Waals surface area contributed by atoms with E-state index in [9.17, 15) is 9.59 Å². The fraction of sp³-hybridized carbons (Fsp3) is 0.158. The van der Waals surface area contributed by atoms with Gasteiger partial charge in [-0.15, -0.1) is 6.58 Å². The topological polar surface area (TPSA) is 52.6 Å². The highest BCUT2D eigenvalue weighted by molar-refractivity contribution is 5.91. The van der Waals surface area contributed by atoms with Crippen molar-refractivity contribution in [1.29, 1.82) is 0 Å². The average molecular weight is 310 g/mol. The van der Waals surface area contributed by atoms with Gasteiger partial charge in [-0.25, -0.2) is 4.79 Å². The lowest BCUT2D eigenvalue weighted by molar-refractivity contribution is 0.0734. The zero-order chi connectivity index (χ0) is 16.5. The SMILES string of the molecule is C=CCCCOc1ccc(C(=O)Oc2ccc(C=O)cc2)cc1. The van der Waals surface area contributed by atoms with Gasteiger partial charge in [0, 0.05) is 5.56 Å². The minimum atomic E-state index is -0.456. The number of hydrogen-bond donors (Lipinski definition) is 0. The highest BCUT2D eigenvalue weighted by Crippen LogP contribution is 2.16. The first-order valence-corrected chi connectivity index (χ1v) is 7.34. The van der Waals surface area contributed by atoms with Gasteiger partial charge in [0.15, 0.2) is 0 Å². The molecule has 4 heteroatoms. The summed E-state index contributed by atoms with van der Waals surface area (Å²) in [6.45, 7) is 4.27. The molecule has 0 aromatic heterocycles. The molecule has 0 saturated heterocycles. The number of unbranched alkanes of at least 4 members (excludes halogenated alkanes) is 1. The lowest BCUT2D eigenvalue weighted by atomic mass is 10.2. The van der Waals surface area contributed by atoms with Crippen molar-refractivity contribution < 1.29 is 19.1 Å². The summed E-state index contributed by atoms with van der Waals surface area (Å²) >= 11 is 0. The van der Waals surface area contributed by atoms with Crippen LogP contribution in [-0.2, 0) is 0 Å². The molecule has 23 heavy (non-hydrogen) atoms. The summed E-state index contributed by atoms with van der Waals surface area (Å²) in [5, 5.41) is 0. The molecule has 2 rings (SSSR count). The third-order valence-corrected chi connectivity index (χ3v) is 3.14. The molecule has 0 unspecified atom stereocenters. The molecule has 118 valence electrons. The van der Waals surface area contributed by atoms with Crippen molar-refractivity contribution in [2.45, 2.75) is 12.8 Å². The van der Waals surface area contributed by atoms with Gasteiger partial charge in [-0.1, -0.05) is 6.08 Å². The first-order chi connectivity index (χ1) is 11.2. The van der Waals surface area contributed by atoms with Gasteiger partial charge in [-0.05, 0) is 61.4 Å². The van der Waals surface area contributed by atoms with E-state index in [-0.39, 0.29) is 0 Å². The predicted octanol–water partition coefficient (Wildman–Crippen LogP) is 4.06. The number of carbonyl (C=O) groups excluding carboxylic acids is 2. The van der Waals surface area contributed by atoms with Crippen LogP contribution in [0.1, 0.15) is 33.6 Å². The minimum absolute atomic E-state index is 0.394. The molecular formula is C19H18O4. The molecule has 0 N–H and O–H groups in total. The molecule has 4 nitrogen and oxygen atoms in total. The quantitative estimate of drug-likeness (QED) is 0.242. The Balaban J connectivity index is 1.91. The Hall–Kier alpha value is -2.88. The molecule has 0 aliphatic rings. The van der Waals surface area contributed by atoms with Crippen molar-refractivity contribution in [1.82, 2.24) is 0 Å². The number of carbonyl (C=O) groups is 2. The number of aldehydes is 1. The van der Waals surface area contributed by atoms with Crippen LogP contribution in [0.15, 0.2) is 61.2 Å². The monoisotopic (exact) mass is 310 g/mol. The number of esters is 1. The van der Waals surface area contributed by atoms with E-state index < -0.39 is 5.97 Å². The summed E-state index contributed by atoms with van der Waals surface area (Å²) < 4.78 is 10.8. The van der Waals surface area contributed by atoms with Crippen LogP contribution >= 0.6 is 0 Å². The van der Waals surface area contributed by atoms with E-state index in [4.69, 9.17) is 9.47 Å². The Morgan fingerprint density at radius 2 is 1.65 bits per heavy atom. The maximum atomic E-state index is 12.0. The molecule has 2 aromatic carbocycles. The molecule has 0 heterocycles. The van der Waals surface area contributed by atoms with Gasteiger partial charge in [-0.3, -0.25) is 4.79 Å². The summed E-state index contributed by atoms with van der Waals surface area (Å²) in [6.07, 6.45) is 4.40. The van der Waals surface area contributed by atoms with Crippen LogP contribution < -0.4 is 9.47 Å². The zero-order valence-corrected chi connectivity index (χ0v) is 12.7. The van der Waals surface area contributed by atoms with Crippen molar-refractivity contribution >= 4 is 12.3 Å². The van der Waals surface area contributed by atoms with Gasteiger partial charge < -0.3 is 9.47 Å². The molecule has 0 amide bonds. The van der Waals surface area contributed by atoms with E-state index in [1.807, 2.05) is 6.08 Å². The van der Waals surface area contributed by atoms with Crippen LogP contribution in [0.4, 0.5) is 0 Å². The predicted molar refractivity (Wildman–Crippen MR) is 88.2 cm³/mol. The molecule has 2 aromatic rings. The molecule has 0 atom stereocenters. The van der Waals surface area contributed by atoms with Gasteiger partial charge in [0.05, 0.1) is 12.2 Å². The third kappa shape index (κ3) is 5.11. The van der Waals surface area contributed by atoms with Crippen molar-refractivity contribution in [3.63, 3.8) is 0 Å². The molecular weight excluding hydrogens is 292 g/mol. The van der Waals surface area contributed by atoms with Gasteiger partial charge in [-0.2, -0.15) is 0 Å². The Morgan fingerprint density at radius 3 is 2.26 bits per heavy atom. The van der Waals surface area contributed by atoms with E-state index >= 15 is 0 Å². The van der Waals surface area contributed by atoms with E-state index in [0.29, 0.717) is 29.2 Å². The van der Waals surface area contributed by atoms with E-state index in [2.05, 4.69) is 6.58 Å². The second kappa shape index (κ2) is 8.54. The number of allylic oxidation sites excluding steroid dienone is 1. The normalized spacial score (nSPS) is 9.91.